The van der Waals surface area contributed by atoms with Gasteiger partial charge in [0.2, 0.25) is 0 Å². The number of nitrogens with one attached hydrogen (secondary N) is 1. The van der Waals surface area contributed by atoms with Crippen molar-refractivity contribution in [2.45, 2.75) is 6.92 Å². The van der Waals surface area contributed by atoms with Gasteiger partial charge in [-0.2, -0.15) is 0 Å². The van der Waals surface area contributed by atoms with Crippen LogP contribution in [-0.2, 0) is 4.79 Å². The molecule has 4 nitrogen and oxygen atoms in total. The number of hydrogen-bond donors (Lipinski definition) is 1. The van der Waals surface area contributed by atoms with Crippen LogP contribution in [0.2, 0.25) is 0 Å². The Morgan fingerprint density at radius 2 is 2.25 bits per heavy atom. The lowest BCUT2D eigenvalue weighted by Gasteiger charge is -2.12. The zero-order valence-corrected chi connectivity index (χ0v) is 14.6. The highest BCUT2D eigenvalue weighted by Crippen LogP contribution is 2.35. The van der Waals surface area contributed by atoms with Gasteiger partial charge in [-0.15, -0.1) is 0 Å². The molecule has 0 unspecified atom stereocenters. The molecule has 7 heteroatoms. The highest BCUT2D eigenvalue weighted by Gasteiger charge is 2.22. The van der Waals surface area contributed by atoms with Crippen LogP contribution < -0.4 is 14.8 Å². The summed E-state index contributed by atoms with van der Waals surface area (Å²) in [5, 5.41) is 2.59. The molecule has 1 amide bonds. The zero-order valence-electron chi connectivity index (χ0n) is 10.9. The van der Waals surface area contributed by atoms with Crippen molar-refractivity contribution in [3.05, 3.63) is 26.2 Å². The summed E-state index contributed by atoms with van der Waals surface area (Å²) in [4.78, 5) is 12.2. The van der Waals surface area contributed by atoms with Crippen molar-refractivity contribution in [3.8, 4) is 11.5 Å². The number of carbonyl (C=O) groups excluding carboxylic acids is 1. The first-order valence-corrected chi connectivity index (χ1v) is 8.10. The molecular formula is C13H12INO3S2. The Hall–Kier alpha value is -0.800. The van der Waals surface area contributed by atoms with E-state index in [0.29, 0.717) is 21.6 Å². The van der Waals surface area contributed by atoms with Crippen molar-refractivity contribution < 1.29 is 14.3 Å². The van der Waals surface area contributed by atoms with E-state index in [1.807, 2.05) is 19.1 Å². The minimum absolute atomic E-state index is 0.164. The highest BCUT2D eigenvalue weighted by atomic mass is 127. The number of amides is 1. The summed E-state index contributed by atoms with van der Waals surface area (Å²) in [5.74, 6) is 1.20. The smallest absolute Gasteiger partial charge is 0.263 e. The Morgan fingerprint density at radius 1 is 1.50 bits per heavy atom. The van der Waals surface area contributed by atoms with Crippen LogP contribution in [0.1, 0.15) is 12.5 Å². The average Bonchev–Trinajstić information content (AvgIpc) is 2.70. The topological polar surface area (TPSA) is 47.6 Å². The van der Waals surface area contributed by atoms with Crippen molar-refractivity contribution in [3.63, 3.8) is 0 Å². The fraction of sp³-hybridized carbons (Fsp3) is 0.231. The van der Waals surface area contributed by atoms with Gasteiger partial charge in [-0.1, -0.05) is 24.0 Å². The van der Waals surface area contributed by atoms with Crippen molar-refractivity contribution in [2.24, 2.45) is 0 Å². The van der Waals surface area contributed by atoms with E-state index in [2.05, 4.69) is 27.9 Å². The van der Waals surface area contributed by atoms with Crippen LogP contribution in [0.4, 0.5) is 0 Å². The number of carbonyl (C=O) groups is 1. The molecule has 1 saturated heterocycles. The van der Waals surface area contributed by atoms with Gasteiger partial charge in [0.15, 0.2) is 11.5 Å². The summed E-state index contributed by atoms with van der Waals surface area (Å²) < 4.78 is 12.3. The predicted octanol–water partition coefficient (Wildman–Crippen LogP) is 3.19. The van der Waals surface area contributed by atoms with Gasteiger partial charge in [-0.25, -0.2) is 0 Å². The van der Waals surface area contributed by atoms with Crippen LogP contribution in [0.15, 0.2) is 17.0 Å². The lowest BCUT2D eigenvalue weighted by molar-refractivity contribution is -0.115. The molecule has 0 saturated carbocycles. The van der Waals surface area contributed by atoms with Gasteiger partial charge in [0.05, 0.1) is 22.2 Å². The van der Waals surface area contributed by atoms with Gasteiger partial charge >= 0.3 is 0 Å². The molecule has 1 N–H and O–H groups in total. The number of thiocarbonyl (C=S) groups is 1. The molecule has 20 heavy (non-hydrogen) atoms. The normalized spacial score (nSPS) is 16.4. The number of rotatable bonds is 4. The fourth-order valence-corrected chi connectivity index (χ4v) is 3.51. The first-order valence-electron chi connectivity index (χ1n) is 5.80. The van der Waals surface area contributed by atoms with E-state index in [-0.39, 0.29) is 5.91 Å². The van der Waals surface area contributed by atoms with Crippen LogP contribution >= 0.6 is 46.6 Å². The first kappa shape index (κ1) is 15.6. The molecule has 0 aliphatic carbocycles. The number of halogens is 1. The second-order valence-corrected chi connectivity index (χ2v) is 6.70. The lowest BCUT2D eigenvalue weighted by Crippen LogP contribution is -2.17. The van der Waals surface area contributed by atoms with Crippen molar-refractivity contribution in [1.82, 2.24) is 5.32 Å². The Kier molecular flexibility index (Phi) is 5.28. The molecule has 1 aromatic rings. The molecule has 1 fully saturated rings. The summed E-state index contributed by atoms with van der Waals surface area (Å²) in [6.07, 6.45) is 1.79. The number of methoxy groups -OCH3 is 1. The van der Waals surface area contributed by atoms with Crippen LogP contribution in [-0.4, -0.2) is 23.9 Å². The average molecular weight is 421 g/mol. The van der Waals surface area contributed by atoms with Crippen LogP contribution in [0.5, 0.6) is 11.5 Å². The second kappa shape index (κ2) is 6.77. The van der Waals surface area contributed by atoms with Crippen LogP contribution in [0, 0.1) is 3.57 Å². The molecule has 0 atom stereocenters. The van der Waals surface area contributed by atoms with E-state index in [4.69, 9.17) is 21.7 Å². The third-order valence-electron chi connectivity index (χ3n) is 2.48. The summed E-state index contributed by atoms with van der Waals surface area (Å²) in [7, 11) is 1.59. The maximum Gasteiger partial charge on any atom is 0.263 e. The molecule has 1 heterocycles. The SMILES string of the molecule is CCOc1c(I)cc(C=C2SC(=S)NC2=O)cc1OC. The quantitative estimate of drug-likeness (QED) is 0.460. The number of ether oxygens (including phenoxy) is 2. The minimum atomic E-state index is -0.164. The van der Waals surface area contributed by atoms with Gasteiger partial charge < -0.3 is 14.8 Å². The third-order valence-corrected chi connectivity index (χ3v) is 4.44. The van der Waals surface area contributed by atoms with Crippen LogP contribution in [0.3, 0.4) is 0 Å². The molecule has 0 bridgehead atoms. The van der Waals surface area contributed by atoms with E-state index in [1.165, 1.54) is 11.8 Å². The van der Waals surface area contributed by atoms with E-state index in [1.54, 1.807) is 13.2 Å². The maximum atomic E-state index is 11.7. The van der Waals surface area contributed by atoms with Gasteiger partial charge in [-0.3, -0.25) is 4.79 Å². The Bertz CT molecular complexity index is 602. The standard InChI is InChI=1S/C13H12INO3S2/c1-3-18-11-8(14)4-7(5-9(11)17-2)6-10-12(16)15-13(19)20-10/h4-6H,3H2,1-2H3,(H,15,16,19). The van der Waals surface area contributed by atoms with E-state index in [0.717, 1.165) is 14.9 Å². The molecule has 0 radical (unpaired) electrons. The summed E-state index contributed by atoms with van der Waals surface area (Å²) in [6, 6.07) is 3.78. The molecule has 2 rings (SSSR count). The number of thioether (sulfide) groups is 1. The zero-order chi connectivity index (χ0) is 14.7. The Morgan fingerprint density at radius 3 is 2.80 bits per heavy atom. The molecule has 0 aromatic heterocycles. The second-order valence-electron chi connectivity index (χ2n) is 3.82. The molecule has 1 aliphatic heterocycles. The largest absolute Gasteiger partial charge is 0.493 e. The van der Waals surface area contributed by atoms with Gasteiger partial charge in [-0.05, 0) is 53.3 Å². The Balaban J connectivity index is 2.39. The van der Waals surface area contributed by atoms with Gasteiger partial charge in [0.1, 0.15) is 4.32 Å². The van der Waals surface area contributed by atoms with Gasteiger partial charge in [0.25, 0.3) is 5.91 Å². The lowest BCUT2D eigenvalue weighted by atomic mass is 10.2. The molecule has 1 aliphatic rings. The van der Waals surface area contributed by atoms with E-state index in [9.17, 15) is 4.79 Å². The molecule has 0 spiro atoms. The fourth-order valence-electron chi connectivity index (χ4n) is 1.68. The Labute approximate surface area is 140 Å². The summed E-state index contributed by atoms with van der Waals surface area (Å²) >= 11 is 8.41. The van der Waals surface area contributed by atoms with Crippen molar-refractivity contribution in [2.75, 3.05) is 13.7 Å². The van der Waals surface area contributed by atoms with E-state index >= 15 is 0 Å². The van der Waals surface area contributed by atoms with Crippen molar-refractivity contribution >= 4 is 62.9 Å². The van der Waals surface area contributed by atoms with Gasteiger partial charge in [0, 0.05) is 0 Å². The monoisotopic (exact) mass is 421 g/mol. The number of benzene rings is 1. The minimum Gasteiger partial charge on any atom is -0.493 e. The molecule has 1 aromatic carbocycles. The summed E-state index contributed by atoms with van der Waals surface area (Å²) in [5.41, 5.74) is 0.872. The predicted molar refractivity (Wildman–Crippen MR) is 93.2 cm³/mol. The van der Waals surface area contributed by atoms with Crippen molar-refractivity contribution in [1.29, 1.82) is 0 Å². The third kappa shape index (κ3) is 3.44. The first-order chi connectivity index (χ1) is 9.55. The highest BCUT2D eigenvalue weighted by molar-refractivity contribution is 14.1. The summed E-state index contributed by atoms with van der Waals surface area (Å²) in [6.45, 7) is 2.49. The molecular weight excluding hydrogens is 409 g/mol. The number of hydrogen-bond acceptors (Lipinski definition) is 5. The van der Waals surface area contributed by atoms with Crippen LogP contribution in [0.25, 0.3) is 6.08 Å². The van der Waals surface area contributed by atoms with E-state index < -0.39 is 0 Å². The molecule has 106 valence electrons. The maximum absolute atomic E-state index is 11.7.